The molecule has 0 aliphatic carbocycles. The zero-order chi connectivity index (χ0) is 11.5. The number of anilines is 1. The minimum absolute atomic E-state index is 0. The second-order valence-corrected chi connectivity index (χ2v) is 4.76. The Bertz CT molecular complexity index is 402. The van der Waals surface area contributed by atoms with Crippen LogP contribution in [0.3, 0.4) is 0 Å². The van der Waals surface area contributed by atoms with Gasteiger partial charge in [-0.2, -0.15) is 0 Å². The average molecular weight is 321 g/mol. The van der Waals surface area contributed by atoms with Crippen LogP contribution < -0.4 is 11.1 Å². The summed E-state index contributed by atoms with van der Waals surface area (Å²) in [6.07, 6.45) is 0.878. The number of halogens is 2. The Hall–Kier alpha value is -0.780. The SMILES string of the molecule is Cl.NC1CCN(C(=O)Nc2ccccc2Br)C1. The Morgan fingerprint density at radius 3 is 2.76 bits per heavy atom. The highest BCUT2D eigenvalue weighted by Gasteiger charge is 2.23. The number of nitrogens with two attached hydrogens (primary N) is 1. The van der Waals surface area contributed by atoms with E-state index in [1.807, 2.05) is 24.3 Å². The minimum atomic E-state index is -0.0835. The van der Waals surface area contributed by atoms with E-state index >= 15 is 0 Å². The van der Waals surface area contributed by atoms with Crippen LogP contribution in [0.25, 0.3) is 0 Å². The van der Waals surface area contributed by atoms with Gasteiger partial charge < -0.3 is 16.0 Å². The van der Waals surface area contributed by atoms with Crippen LogP contribution in [0.1, 0.15) is 6.42 Å². The van der Waals surface area contributed by atoms with Crippen molar-refractivity contribution in [2.75, 3.05) is 18.4 Å². The summed E-state index contributed by atoms with van der Waals surface area (Å²) in [6.45, 7) is 1.37. The second kappa shape index (κ2) is 6.23. The number of hydrogen-bond acceptors (Lipinski definition) is 2. The molecule has 2 amide bonds. The molecule has 1 unspecified atom stereocenters. The molecule has 2 rings (SSSR count). The molecule has 1 heterocycles. The average Bonchev–Trinajstić information content (AvgIpc) is 2.68. The molecule has 1 saturated heterocycles. The van der Waals surface area contributed by atoms with E-state index in [1.54, 1.807) is 4.90 Å². The predicted molar refractivity (Wildman–Crippen MR) is 74.6 cm³/mol. The van der Waals surface area contributed by atoms with Crippen LogP contribution in [-0.4, -0.2) is 30.1 Å². The molecule has 1 aliphatic heterocycles. The van der Waals surface area contributed by atoms with E-state index in [2.05, 4.69) is 21.2 Å². The Labute approximate surface area is 115 Å². The Balaban J connectivity index is 0.00000144. The third-order valence-electron chi connectivity index (χ3n) is 2.63. The Morgan fingerprint density at radius 1 is 1.47 bits per heavy atom. The fraction of sp³-hybridized carbons (Fsp3) is 0.364. The van der Waals surface area contributed by atoms with Gasteiger partial charge in [-0.25, -0.2) is 4.79 Å². The van der Waals surface area contributed by atoms with Gasteiger partial charge in [-0.05, 0) is 34.5 Å². The Kier molecular flexibility index (Phi) is 5.24. The van der Waals surface area contributed by atoms with E-state index in [1.165, 1.54) is 0 Å². The number of rotatable bonds is 1. The van der Waals surface area contributed by atoms with Gasteiger partial charge in [0.05, 0.1) is 5.69 Å². The van der Waals surface area contributed by atoms with Gasteiger partial charge in [0, 0.05) is 23.6 Å². The standard InChI is InChI=1S/C11H14BrN3O.ClH/c12-9-3-1-2-4-10(9)14-11(16)15-6-5-8(13)7-15;/h1-4,8H,5-7,13H2,(H,14,16);1H. The number of carbonyl (C=O) groups is 1. The first-order valence-electron chi connectivity index (χ1n) is 5.23. The Morgan fingerprint density at radius 2 is 2.18 bits per heavy atom. The van der Waals surface area contributed by atoms with E-state index in [9.17, 15) is 4.79 Å². The first kappa shape index (κ1) is 14.3. The summed E-state index contributed by atoms with van der Waals surface area (Å²) in [4.78, 5) is 13.6. The molecule has 1 aromatic rings. The molecule has 1 aromatic carbocycles. The van der Waals surface area contributed by atoms with Crippen LogP contribution in [0, 0.1) is 0 Å². The number of amides is 2. The van der Waals surface area contributed by atoms with Gasteiger partial charge in [-0.1, -0.05) is 12.1 Å². The molecule has 0 aromatic heterocycles. The van der Waals surface area contributed by atoms with Crippen LogP contribution in [-0.2, 0) is 0 Å². The van der Waals surface area contributed by atoms with Crippen molar-refractivity contribution in [2.45, 2.75) is 12.5 Å². The second-order valence-electron chi connectivity index (χ2n) is 3.90. The fourth-order valence-electron chi connectivity index (χ4n) is 1.73. The lowest BCUT2D eigenvalue weighted by molar-refractivity contribution is 0.222. The molecular weight excluding hydrogens is 305 g/mol. The summed E-state index contributed by atoms with van der Waals surface area (Å²) in [7, 11) is 0. The van der Waals surface area contributed by atoms with E-state index in [-0.39, 0.29) is 24.5 Å². The van der Waals surface area contributed by atoms with E-state index in [0.29, 0.717) is 6.54 Å². The van der Waals surface area contributed by atoms with Gasteiger partial charge in [0.15, 0.2) is 0 Å². The first-order valence-corrected chi connectivity index (χ1v) is 6.02. The third kappa shape index (κ3) is 3.59. The topological polar surface area (TPSA) is 58.4 Å². The monoisotopic (exact) mass is 319 g/mol. The molecule has 0 spiro atoms. The van der Waals surface area contributed by atoms with Gasteiger partial charge in [0.25, 0.3) is 0 Å². The van der Waals surface area contributed by atoms with E-state index < -0.39 is 0 Å². The molecule has 6 heteroatoms. The highest BCUT2D eigenvalue weighted by atomic mass is 79.9. The van der Waals surface area contributed by atoms with Gasteiger partial charge in [0.2, 0.25) is 0 Å². The molecule has 0 bridgehead atoms. The number of benzene rings is 1. The molecule has 0 saturated carbocycles. The van der Waals surface area contributed by atoms with Crippen molar-refractivity contribution in [3.05, 3.63) is 28.7 Å². The molecular formula is C11H15BrClN3O. The molecule has 4 nitrogen and oxygen atoms in total. The van der Waals surface area contributed by atoms with Crippen molar-refractivity contribution in [3.63, 3.8) is 0 Å². The zero-order valence-electron chi connectivity index (χ0n) is 9.23. The van der Waals surface area contributed by atoms with Crippen LogP contribution >= 0.6 is 28.3 Å². The largest absolute Gasteiger partial charge is 0.326 e. The van der Waals surface area contributed by atoms with E-state index in [4.69, 9.17) is 5.73 Å². The lowest BCUT2D eigenvalue weighted by atomic mass is 10.3. The maximum atomic E-state index is 11.9. The van der Waals surface area contributed by atoms with Gasteiger partial charge in [0.1, 0.15) is 0 Å². The van der Waals surface area contributed by atoms with Crippen molar-refractivity contribution in [1.82, 2.24) is 4.90 Å². The summed E-state index contributed by atoms with van der Waals surface area (Å²) in [6, 6.07) is 7.58. The zero-order valence-corrected chi connectivity index (χ0v) is 11.6. The molecule has 1 atom stereocenters. The van der Waals surface area contributed by atoms with Crippen molar-refractivity contribution >= 4 is 40.1 Å². The first-order chi connectivity index (χ1) is 7.66. The number of nitrogens with one attached hydrogen (secondary N) is 1. The number of para-hydroxylation sites is 1. The van der Waals surface area contributed by atoms with Gasteiger partial charge in [-0.3, -0.25) is 0 Å². The highest BCUT2D eigenvalue weighted by molar-refractivity contribution is 9.10. The van der Waals surface area contributed by atoms with Crippen LogP contribution in [0.2, 0.25) is 0 Å². The lowest BCUT2D eigenvalue weighted by Crippen LogP contribution is -2.35. The third-order valence-corrected chi connectivity index (χ3v) is 3.32. The maximum absolute atomic E-state index is 11.9. The molecule has 1 fully saturated rings. The molecule has 3 N–H and O–H groups in total. The van der Waals surface area contributed by atoms with Crippen LogP contribution in [0.5, 0.6) is 0 Å². The molecule has 0 radical (unpaired) electrons. The number of hydrogen-bond donors (Lipinski definition) is 2. The van der Waals surface area contributed by atoms with Gasteiger partial charge >= 0.3 is 6.03 Å². The van der Waals surface area contributed by atoms with E-state index in [0.717, 1.165) is 23.1 Å². The predicted octanol–water partition coefficient (Wildman–Crippen LogP) is 2.44. The highest BCUT2D eigenvalue weighted by Crippen LogP contribution is 2.22. The normalized spacial score (nSPS) is 18.7. The number of carbonyl (C=O) groups excluding carboxylic acids is 1. The number of urea groups is 1. The summed E-state index contributed by atoms with van der Waals surface area (Å²) in [5.41, 5.74) is 6.54. The lowest BCUT2D eigenvalue weighted by Gasteiger charge is -2.17. The molecule has 17 heavy (non-hydrogen) atoms. The van der Waals surface area contributed by atoms with Crippen molar-refractivity contribution in [3.8, 4) is 0 Å². The van der Waals surface area contributed by atoms with Gasteiger partial charge in [-0.15, -0.1) is 12.4 Å². The maximum Gasteiger partial charge on any atom is 0.321 e. The summed E-state index contributed by atoms with van der Waals surface area (Å²) in [5, 5.41) is 2.86. The van der Waals surface area contributed by atoms with Crippen LogP contribution in [0.4, 0.5) is 10.5 Å². The molecule has 94 valence electrons. The quantitative estimate of drug-likeness (QED) is 0.835. The van der Waals surface area contributed by atoms with Crippen molar-refractivity contribution < 1.29 is 4.79 Å². The minimum Gasteiger partial charge on any atom is -0.326 e. The molecule has 1 aliphatic rings. The summed E-state index contributed by atoms with van der Waals surface area (Å²) < 4.78 is 0.881. The summed E-state index contributed by atoms with van der Waals surface area (Å²) in [5.74, 6) is 0. The van der Waals surface area contributed by atoms with Crippen molar-refractivity contribution in [1.29, 1.82) is 0 Å². The summed E-state index contributed by atoms with van der Waals surface area (Å²) >= 11 is 3.39. The fourth-order valence-corrected chi connectivity index (χ4v) is 2.11. The van der Waals surface area contributed by atoms with Crippen LogP contribution in [0.15, 0.2) is 28.7 Å². The smallest absolute Gasteiger partial charge is 0.321 e. The number of likely N-dealkylation sites (tertiary alicyclic amines) is 1. The number of nitrogens with zero attached hydrogens (tertiary/aromatic N) is 1. The van der Waals surface area contributed by atoms with Crippen molar-refractivity contribution in [2.24, 2.45) is 5.73 Å².